The SMILES string of the molecule is Cc1ccc(SCCN2CCN(CC(=O)Nc3ccccc3Cl)CC2)cc1. The Balaban J connectivity index is 1.34. The number of carbonyl (C=O) groups is 1. The maximum atomic E-state index is 12.2. The number of halogens is 1. The van der Waals surface area contributed by atoms with Gasteiger partial charge in [-0.15, -0.1) is 11.8 Å². The zero-order chi connectivity index (χ0) is 19.1. The second-order valence-electron chi connectivity index (χ2n) is 6.81. The molecule has 1 fully saturated rings. The van der Waals surface area contributed by atoms with Gasteiger partial charge in [0.25, 0.3) is 0 Å². The van der Waals surface area contributed by atoms with Crippen LogP contribution in [0.4, 0.5) is 5.69 Å². The van der Waals surface area contributed by atoms with Crippen LogP contribution in [0.5, 0.6) is 0 Å². The zero-order valence-corrected chi connectivity index (χ0v) is 17.2. The van der Waals surface area contributed by atoms with E-state index in [-0.39, 0.29) is 5.91 Å². The number of thioether (sulfide) groups is 1. The van der Waals surface area contributed by atoms with Crippen LogP contribution in [0.25, 0.3) is 0 Å². The first-order chi connectivity index (χ1) is 13.1. The van der Waals surface area contributed by atoms with Gasteiger partial charge in [0.1, 0.15) is 0 Å². The molecule has 0 radical (unpaired) electrons. The lowest BCUT2D eigenvalue weighted by molar-refractivity contribution is -0.117. The van der Waals surface area contributed by atoms with Crippen molar-refractivity contribution in [3.05, 3.63) is 59.1 Å². The molecule has 27 heavy (non-hydrogen) atoms. The molecule has 1 aliphatic rings. The van der Waals surface area contributed by atoms with Crippen LogP contribution in [-0.4, -0.2) is 60.7 Å². The highest BCUT2D eigenvalue weighted by molar-refractivity contribution is 7.99. The highest BCUT2D eigenvalue weighted by atomic mass is 35.5. The molecule has 0 saturated carbocycles. The molecular weight excluding hydrogens is 378 g/mol. The lowest BCUT2D eigenvalue weighted by atomic mass is 10.2. The van der Waals surface area contributed by atoms with Gasteiger partial charge < -0.3 is 5.32 Å². The predicted octanol–water partition coefficient (Wildman–Crippen LogP) is 4.00. The lowest BCUT2D eigenvalue weighted by Crippen LogP contribution is -2.49. The van der Waals surface area contributed by atoms with E-state index in [1.807, 2.05) is 30.0 Å². The van der Waals surface area contributed by atoms with E-state index >= 15 is 0 Å². The summed E-state index contributed by atoms with van der Waals surface area (Å²) < 4.78 is 0. The third-order valence-corrected chi connectivity index (χ3v) is 6.00. The van der Waals surface area contributed by atoms with E-state index in [0.717, 1.165) is 38.5 Å². The molecule has 0 aliphatic carbocycles. The van der Waals surface area contributed by atoms with E-state index in [1.165, 1.54) is 10.5 Å². The second-order valence-corrected chi connectivity index (χ2v) is 8.38. The van der Waals surface area contributed by atoms with E-state index in [4.69, 9.17) is 11.6 Å². The fourth-order valence-electron chi connectivity index (χ4n) is 3.05. The van der Waals surface area contributed by atoms with Crippen molar-refractivity contribution < 1.29 is 4.79 Å². The molecule has 1 N–H and O–H groups in total. The Morgan fingerprint density at radius 2 is 1.70 bits per heavy atom. The molecule has 0 aromatic heterocycles. The minimum absolute atomic E-state index is 0.00789. The average molecular weight is 404 g/mol. The Labute approximate surface area is 170 Å². The van der Waals surface area contributed by atoms with Crippen LogP contribution in [0, 0.1) is 6.92 Å². The molecule has 0 bridgehead atoms. The highest BCUT2D eigenvalue weighted by Gasteiger charge is 2.19. The summed E-state index contributed by atoms with van der Waals surface area (Å²) in [6, 6.07) is 16.0. The Morgan fingerprint density at radius 3 is 2.41 bits per heavy atom. The highest BCUT2D eigenvalue weighted by Crippen LogP contribution is 2.20. The normalized spacial score (nSPS) is 15.6. The number of rotatable bonds is 7. The quantitative estimate of drug-likeness (QED) is 0.709. The van der Waals surface area contributed by atoms with Crippen LogP contribution in [0.3, 0.4) is 0 Å². The van der Waals surface area contributed by atoms with Gasteiger partial charge in [-0.1, -0.05) is 41.4 Å². The Bertz CT molecular complexity index is 745. The van der Waals surface area contributed by atoms with Crippen LogP contribution in [0.2, 0.25) is 5.02 Å². The average Bonchev–Trinajstić information content (AvgIpc) is 2.67. The van der Waals surface area contributed by atoms with Gasteiger partial charge in [0.2, 0.25) is 5.91 Å². The summed E-state index contributed by atoms with van der Waals surface area (Å²) in [7, 11) is 0. The van der Waals surface area contributed by atoms with Gasteiger partial charge in [0.05, 0.1) is 17.3 Å². The molecule has 0 unspecified atom stereocenters. The second kappa shape index (κ2) is 10.1. The fourth-order valence-corrected chi connectivity index (χ4v) is 4.15. The number of carbonyl (C=O) groups excluding carboxylic acids is 1. The first kappa shape index (κ1) is 20.2. The summed E-state index contributed by atoms with van der Waals surface area (Å²) in [5, 5.41) is 3.47. The number of piperazine rings is 1. The van der Waals surface area contributed by atoms with Gasteiger partial charge >= 0.3 is 0 Å². The number of amides is 1. The summed E-state index contributed by atoms with van der Waals surface area (Å²) in [4.78, 5) is 18.2. The summed E-state index contributed by atoms with van der Waals surface area (Å²) in [6.45, 7) is 7.47. The smallest absolute Gasteiger partial charge is 0.238 e. The molecule has 6 heteroatoms. The van der Waals surface area contributed by atoms with Crippen molar-refractivity contribution >= 4 is 35.0 Å². The third kappa shape index (κ3) is 6.54. The molecule has 0 spiro atoms. The summed E-state index contributed by atoms with van der Waals surface area (Å²) in [6.07, 6.45) is 0. The standard InChI is InChI=1S/C21H26ClN3OS/c1-17-6-8-18(9-7-17)27-15-14-24-10-12-25(13-11-24)16-21(26)23-20-5-3-2-4-19(20)22/h2-9H,10-16H2,1H3,(H,23,26). The van der Waals surface area contributed by atoms with Gasteiger partial charge in [0, 0.05) is 43.4 Å². The van der Waals surface area contributed by atoms with Gasteiger partial charge in [0.15, 0.2) is 0 Å². The lowest BCUT2D eigenvalue weighted by Gasteiger charge is -2.34. The van der Waals surface area contributed by atoms with Crippen molar-refractivity contribution in [1.82, 2.24) is 9.80 Å². The number of benzene rings is 2. The van der Waals surface area contributed by atoms with Crippen molar-refractivity contribution in [3.8, 4) is 0 Å². The van der Waals surface area contributed by atoms with Crippen LogP contribution in [-0.2, 0) is 4.79 Å². The van der Waals surface area contributed by atoms with Gasteiger partial charge in [-0.25, -0.2) is 0 Å². The predicted molar refractivity (Wildman–Crippen MR) is 115 cm³/mol. The minimum atomic E-state index is -0.00789. The summed E-state index contributed by atoms with van der Waals surface area (Å²) in [5.74, 6) is 1.09. The number of hydrogen-bond acceptors (Lipinski definition) is 4. The van der Waals surface area contributed by atoms with Crippen molar-refractivity contribution in [3.63, 3.8) is 0 Å². The van der Waals surface area contributed by atoms with Crippen LogP contribution in [0.1, 0.15) is 5.56 Å². The van der Waals surface area contributed by atoms with Crippen LogP contribution >= 0.6 is 23.4 Å². The molecule has 2 aromatic rings. The van der Waals surface area contributed by atoms with Crippen molar-refractivity contribution in [2.45, 2.75) is 11.8 Å². The molecule has 1 amide bonds. The molecule has 1 saturated heterocycles. The first-order valence-electron chi connectivity index (χ1n) is 9.29. The molecule has 1 heterocycles. The number of nitrogens with zero attached hydrogens (tertiary/aromatic N) is 2. The molecule has 3 rings (SSSR count). The Kier molecular flexibility index (Phi) is 7.59. The number of hydrogen-bond donors (Lipinski definition) is 1. The van der Waals surface area contributed by atoms with Crippen molar-refractivity contribution in [2.75, 3.05) is 50.3 Å². The van der Waals surface area contributed by atoms with E-state index in [9.17, 15) is 4.79 Å². The number of nitrogens with one attached hydrogen (secondary N) is 1. The molecule has 0 atom stereocenters. The molecular formula is C21H26ClN3OS. The summed E-state index contributed by atoms with van der Waals surface area (Å²) >= 11 is 8.00. The molecule has 144 valence electrons. The molecule has 1 aliphatic heterocycles. The van der Waals surface area contributed by atoms with E-state index in [2.05, 4.69) is 46.3 Å². The van der Waals surface area contributed by atoms with E-state index < -0.39 is 0 Å². The van der Waals surface area contributed by atoms with Crippen LogP contribution < -0.4 is 5.32 Å². The van der Waals surface area contributed by atoms with Gasteiger partial charge in [-0.3, -0.25) is 14.6 Å². The van der Waals surface area contributed by atoms with Crippen molar-refractivity contribution in [2.24, 2.45) is 0 Å². The van der Waals surface area contributed by atoms with Crippen LogP contribution in [0.15, 0.2) is 53.4 Å². The minimum Gasteiger partial charge on any atom is -0.324 e. The number of para-hydroxylation sites is 1. The third-order valence-electron chi connectivity index (χ3n) is 4.68. The van der Waals surface area contributed by atoms with Gasteiger partial charge in [-0.2, -0.15) is 0 Å². The fraction of sp³-hybridized carbons (Fsp3) is 0.381. The maximum Gasteiger partial charge on any atom is 0.238 e. The number of aryl methyl sites for hydroxylation is 1. The summed E-state index contributed by atoms with van der Waals surface area (Å²) in [5.41, 5.74) is 1.98. The first-order valence-corrected chi connectivity index (χ1v) is 10.6. The zero-order valence-electron chi connectivity index (χ0n) is 15.7. The Hall–Kier alpha value is -1.53. The molecule has 2 aromatic carbocycles. The van der Waals surface area contributed by atoms with Gasteiger partial charge in [-0.05, 0) is 31.2 Å². The number of anilines is 1. The molecule has 4 nitrogen and oxygen atoms in total. The van der Waals surface area contributed by atoms with Crippen molar-refractivity contribution in [1.29, 1.82) is 0 Å². The monoisotopic (exact) mass is 403 g/mol. The Morgan fingerprint density at radius 1 is 1.04 bits per heavy atom. The largest absolute Gasteiger partial charge is 0.324 e. The maximum absolute atomic E-state index is 12.2. The topological polar surface area (TPSA) is 35.6 Å². The van der Waals surface area contributed by atoms with E-state index in [1.54, 1.807) is 6.07 Å². The van der Waals surface area contributed by atoms with E-state index in [0.29, 0.717) is 17.3 Å².